The molecule has 140 valence electrons. The van der Waals surface area contributed by atoms with Crippen molar-refractivity contribution >= 4 is 44.4 Å². The van der Waals surface area contributed by atoms with Crippen molar-refractivity contribution in [1.29, 1.82) is 0 Å². The second-order valence-corrected chi connectivity index (χ2v) is 8.29. The molecule has 0 spiro atoms. The highest BCUT2D eigenvalue weighted by Gasteiger charge is 2.18. The normalized spacial score (nSPS) is 11.0. The summed E-state index contributed by atoms with van der Waals surface area (Å²) in [5.74, 6) is 0.279. The first kappa shape index (κ1) is 20.5. The number of urea groups is 1. The van der Waals surface area contributed by atoms with Gasteiger partial charge in [0.15, 0.2) is 5.75 Å². The van der Waals surface area contributed by atoms with Gasteiger partial charge in [-0.2, -0.15) is 8.42 Å². The largest absolute Gasteiger partial charge is 0.378 e. The van der Waals surface area contributed by atoms with Crippen LogP contribution in [0.3, 0.4) is 0 Å². The quantitative estimate of drug-likeness (QED) is 0.329. The van der Waals surface area contributed by atoms with E-state index >= 15 is 0 Å². The first-order chi connectivity index (χ1) is 12.4. The predicted octanol–water partition coefficient (Wildman–Crippen LogP) is 4.37. The molecular weight excluding hydrogens is 467 g/mol. The van der Waals surface area contributed by atoms with Gasteiger partial charge in [-0.25, -0.2) is 4.79 Å². The zero-order valence-corrected chi connectivity index (χ0v) is 17.3. The maximum absolute atomic E-state index is 12.4. The maximum atomic E-state index is 12.4. The average Bonchev–Trinajstić information content (AvgIpc) is 2.61. The predicted molar refractivity (Wildman–Crippen MR) is 110 cm³/mol. The molecule has 2 N–H and O–H groups in total. The fourth-order valence-electron chi connectivity index (χ4n) is 2.14. The molecule has 0 aliphatic heterocycles. The maximum Gasteiger partial charge on any atom is 0.339 e. The minimum atomic E-state index is -3.93. The number of para-hydroxylation sites is 1. The van der Waals surface area contributed by atoms with Crippen molar-refractivity contribution in [2.75, 3.05) is 11.9 Å². The van der Waals surface area contributed by atoms with Crippen LogP contribution in [0.2, 0.25) is 0 Å². The van der Waals surface area contributed by atoms with Crippen molar-refractivity contribution < 1.29 is 17.4 Å². The van der Waals surface area contributed by atoms with Gasteiger partial charge in [0.25, 0.3) is 0 Å². The molecule has 0 saturated carbocycles. The molecule has 0 atom stereocenters. The molecule has 2 amide bonds. The molecule has 2 aromatic carbocycles. The van der Waals surface area contributed by atoms with Gasteiger partial charge in [-0.15, -0.1) is 0 Å². The first-order valence-corrected chi connectivity index (χ1v) is 10.7. The number of unbranched alkanes of at least 4 members (excludes halogenated alkanes) is 2. The molecule has 0 aromatic heterocycles. The lowest BCUT2D eigenvalue weighted by molar-refractivity contribution is 0.252. The van der Waals surface area contributed by atoms with Gasteiger partial charge < -0.3 is 14.8 Å². The molecule has 0 radical (unpaired) electrons. The van der Waals surface area contributed by atoms with Gasteiger partial charge in [0, 0.05) is 12.2 Å². The zero-order valence-electron chi connectivity index (χ0n) is 14.4. The van der Waals surface area contributed by atoms with Gasteiger partial charge in [-0.1, -0.05) is 31.9 Å². The summed E-state index contributed by atoms with van der Waals surface area (Å²) in [6.45, 7) is 2.70. The number of anilines is 1. The molecular formula is C18H21IN2O4S. The molecule has 8 heteroatoms. The molecule has 2 rings (SSSR count). The second kappa shape index (κ2) is 9.77. The summed E-state index contributed by atoms with van der Waals surface area (Å²) in [6, 6.07) is 12.4. The minimum absolute atomic E-state index is 0.0195. The third kappa shape index (κ3) is 6.17. The van der Waals surface area contributed by atoms with E-state index in [0.29, 0.717) is 15.8 Å². The molecule has 6 nitrogen and oxygen atoms in total. The molecule has 0 saturated heterocycles. The van der Waals surface area contributed by atoms with Crippen LogP contribution < -0.4 is 14.8 Å². The topological polar surface area (TPSA) is 84.5 Å². The molecule has 0 aliphatic carbocycles. The highest BCUT2D eigenvalue weighted by Crippen LogP contribution is 2.24. The number of carbonyl (C=O) groups excluding carboxylic acids is 1. The fourth-order valence-corrected chi connectivity index (χ4v) is 3.73. The lowest BCUT2D eigenvalue weighted by atomic mass is 10.2. The summed E-state index contributed by atoms with van der Waals surface area (Å²) in [7, 11) is -3.93. The first-order valence-electron chi connectivity index (χ1n) is 8.26. The van der Waals surface area contributed by atoms with Crippen LogP contribution in [0.25, 0.3) is 0 Å². The van der Waals surface area contributed by atoms with E-state index in [-0.39, 0.29) is 16.7 Å². The van der Waals surface area contributed by atoms with E-state index in [1.165, 1.54) is 24.3 Å². The van der Waals surface area contributed by atoms with Crippen LogP contribution in [0.1, 0.15) is 26.2 Å². The zero-order chi connectivity index (χ0) is 19.0. The number of nitrogens with one attached hydrogen (secondary N) is 2. The van der Waals surface area contributed by atoms with E-state index in [9.17, 15) is 13.2 Å². The number of hydrogen-bond donors (Lipinski definition) is 2. The number of carbonyl (C=O) groups is 1. The van der Waals surface area contributed by atoms with Gasteiger partial charge in [-0.05, 0) is 65.4 Å². The van der Waals surface area contributed by atoms with Crippen molar-refractivity contribution in [3.05, 3.63) is 52.1 Å². The van der Waals surface area contributed by atoms with E-state index in [1.807, 2.05) is 22.6 Å². The number of amides is 2. The Morgan fingerprint density at radius 2 is 1.77 bits per heavy atom. The van der Waals surface area contributed by atoms with Gasteiger partial charge in [0.05, 0.1) is 3.57 Å². The smallest absolute Gasteiger partial charge is 0.339 e. The molecule has 0 heterocycles. The van der Waals surface area contributed by atoms with Crippen LogP contribution in [-0.2, 0) is 10.1 Å². The number of rotatable bonds is 8. The second-order valence-electron chi connectivity index (χ2n) is 5.58. The monoisotopic (exact) mass is 488 g/mol. The Labute approximate surface area is 167 Å². The van der Waals surface area contributed by atoms with Gasteiger partial charge in [0.2, 0.25) is 0 Å². The van der Waals surface area contributed by atoms with Crippen molar-refractivity contribution in [1.82, 2.24) is 5.32 Å². The summed E-state index contributed by atoms with van der Waals surface area (Å²) in [4.78, 5) is 11.8. The van der Waals surface area contributed by atoms with Crippen molar-refractivity contribution in [2.24, 2.45) is 0 Å². The summed E-state index contributed by atoms with van der Waals surface area (Å²) in [5, 5.41) is 5.43. The Morgan fingerprint density at radius 3 is 2.42 bits per heavy atom. The van der Waals surface area contributed by atoms with Crippen LogP contribution in [0.5, 0.6) is 5.75 Å². The lowest BCUT2D eigenvalue weighted by Gasteiger charge is -2.10. The Kier molecular flexibility index (Phi) is 7.70. The van der Waals surface area contributed by atoms with Crippen LogP contribution in [-0.4, -0.2) is 21.0 Å². The molecule has 2 aromatic rings. The summed E-state index contributed by atoms with van der Waals surface area (Å²) in [5.41, 5.74) is 0.506. The fraction of sp³-hybridized carbons (Fsp3) is 0.278. The lowest BCUT2D eigenvalue weighted by Crippen LogP contribution is -2.29. The van der Waals surface area contributed by atoms with Crippen LogP contribution >= 0.6 is 22.6 Å². The Morgan fingerprint density at radius 1 is 1.08 bits per heavy atom. The van der Waals surface area contributed by atoms with Crippen LogP contribution in [0.4, 0.5) is 10.5 Å². The summed E-state index contributed by atoms with van der Waals surface area (Å²) < 4.78 is 30.6. The highest BCUT2D eigenvalue weighted by molar-refractivity contribution is 14.1. The van der Waals surface area contributed by atoms with Crippen LogP contribution in [0, 0.1) is 3.57 Å². The van der Waals surface area contributed by atoms with E-state index in [0.717, 1.165) is 19.3 Å². The van der Waals surface area contributed by atoms with E-state index in [2.05, 4.69) is 17.6 Å². The molecule has 26 heavy (non-hydrogen) atoms. The Balaban J connectivity index is 1.97. The Hall–Kier alpha value is -1.81. The van der Waals surface area contributed by atoms with Gasteiger partial charge in [-0.3, -0.25) is 0 Å². The minimum Gasteiger partial charge on any atom is -0.378 e. The molecule has 0 unspecified atom stereocenters. The van der Waals surface area contributed by atoms with Crippen molar-refractivity contribution in [2.45, 2.75) is 31.1 Å². The standard InChI is InChI=1S/C18H21IN2O4S/c1-2-3-6-13-20-18(22)21-14-9-11-15(12-10-14)26(23,24)25-17-8-5-4-7-16(17)19/h4-5,7-12H,2-3,6,13H2,1H3,(H2,20,21,22). The number of benzene rings is 2. The van der Waals surface area contributed by atoms with E-state index in [4.69, 9.17) is 4.18 Å². The van der Waals surface area contributed by atoms with E-state index < -0.39 is 10.1 Å². The number of hydrogen-bond acceptors (Lipinski definition) is 4. The average molecular weight is 488 g/mol. The molecule has 0 fully saturated rings. The van der Waals surface area contributed by atoms with Gasteiger partial charge in [0.1, 0.15) is 4.90 Å². The molecule has 0 bridgehead atoms. The van der Waals surface area contributed by atoms with Crippen molar-refractivity contribution in [3.63, 3.8) is 0 Å². The van der Waals surface area contributed by atoms with Crippen LogP contribution in [0.15, 0.2) is 53.4 Å². The van der Waals surface area contributed by atoms with Gasteiger partial charge >= 0.3 is 16.1 Å². The Bertz CT molecular complexity index is 839. The van der Waals surface area contributed by atoms with Crippen molar-refractivity contribution in [3.8, 4) is 5.75 Å². The highest BCUT2D eigenvalue weighted by atomic mass is 127. The summed E-state index contributed by atoms with van der Waals surface area (Å²) >= 11 is 2.01. The third-order valence-electron chi connectivity index (χ3n) is 3.50. The number of halogens is 1. The third-order valence-corrected chi connectivity index (χ3v) is 5.64. The SMILES string of the molecule is CCCCCNC(=O)Nc1ccc(S(=O)(=O)Oc2ccccc2I)cc1. The summed E-state index contributed by atoms with van der Waals surface area (Å²) in [6.07, 6.45) is 3.08. The van der Waals surface area contributed by atoms with E-state index in [1.54, 1.807) is 24.3 Å². The molecule has 0 aliphatic rings.